The standard InChI is InChI=1S/C18H15NO4/c1-4-11-18(17(22)23-6-3)15(20)13-9-7-8-10-14(13)19(12-5-2)16(18)21/h1-2,7-10H,6,11-12H2,3H3. The molecule has 0 aromatic heterocycles. The van der Waals surface area contributed by atoms with Crippen molar-refractivity contribution < 1.29 is 19.1 Å². The van der Waals surface area contributed by atoms with Gasteiger partial charge in [0.1, 0.15) is 0 Å². The number of rotatable bonds is 4. The third kappa shape index (κ3) is 2.37. The number of hydrogen-bond donors (Lipinski definition) is 0. The van der Waals surface area contributed by atoms with Gasteiger partial charge in [-0.2, -0.15) is 0 Å². The first-order valence-electron chi connectivity index (χ1n) is 7.04. The lowest BCUT2D eigenvalue weighted by Crippen LogP contribution is -2.57. The van der Waals surface area contributed by atoms with E-state index in [-0.39, 0.29) is 25.1 Å². The van der Waals surface area contributed by atoms with Crippen molar-refractivity contribution in [1.29, 1.82) is 0 Å². The molecule has 0 aliphatic carbocycles. The number of carbonyl (C=O) groups excluding carboxylic acids is 3. The van der Waals surface area contributed by atoms with Crippen molar-refractivity contribution in [1.82, 2.24) is 0 Å². The molecule has 1 aromatic rings. The molecule has 0 radical (unpaired) electrons. The molecule has 116 valence electrons. The molecule has 1 aliphatic heterocycles. The topological polar surface area (TPSA) is 63.7 Å². The smallest absolute Gasteiger partial charge is 0.330 e. The van der Waals surface area contributed by atoms with Crippen molar-refractivity contribution in [3.63, 3.8) is 0 Å². The van der Waals surface area contributed by atoms with E-state index in [9.17, 15) is 14.4 Å². The Labute approximate surface area is 134 Å². The summed E-state index contributed by atoms with van der Waals surface area (Å²) < 4.78 is 4.97. The Morgan fingerprint density at radius 1 is 1.26 bits per heavy atom. The number of Topliss-reactive ketones (excluding diaryl/α,β-unsaturated/α-hetero) is 1. The average Bonchev–Trinajstić information content (AvgIpc) is 2.55. The van der Waals surface area contributed by atoms with Crippen LogP contribution in [0, 0.1) is 30.1 Å². The summed E-state index contributed by atoms with van der Waals surface area (Å²) in [6.07, 6.45) is 10.3. The zero-order valence-electron chi connectivity index (χ0n) is 12.7. The number of ketones is 1. The Balaban J connectivity index is 2.71. The van der Waals surface area contributed by atoms with Crippen LogP contribution in [0.5, 0.6) is 0 Å². The monoisotopic (exact) mass is 309 g/mol. The van der Waals surface area contributed by atoms with Gasteiger partial charge in [-0.05, 0) is 19.1 Å². The number of fused-ring (bicyclic) bond motifs is 1. The fraction of sp³-hybridized carbons (Fsp3) is 0.278. The van der Waals surface area contributed by atoms with Crippen LogP contribution in [0.2, 0.25) is 0 Å². The lowest BCUT2D eigenvalue weighted by Gasteiger charge is -2.38. The summed E-state index contributed by atoms with van der Waals surface area (Å²) in [7, 11) is 0. The van der Waals surface area contributed by atoms with Crippen LogP contribution >= 0.6 is 0 Å². The Bertz CT molecular complexity index is 753. The van der Waals surface area contributed by atoms with Crippen LogP contribution in [0.4, 0.5) is 5.69 Å². The predicted molar refractivity (Wildman–Crippen MR) is 84.5 cm³/mol. The quantitative estimate of drug-likeness (QED) is 0.479. The molecule has 23 heavy (non-hydrogen) atoms. The molecule has 0 fully saturated rings. The number of anilines is 1. The van der Waals surface area contributed by atoms with Crippen molar-refractivity contribution in [2.75, 3.05) is 18.1 Å². The van der Waals surface area contributed by atoms with Gasteiger partial charge in [-0.25, -0.2) is 0 Å². The molecular formula is C18H15NO4. The van der Waals surface area contributed by atoms with Gasteiger partial charge in [0.05, 0.1) is 18.8 Å². The van der Waals surface area contributed by atoms with Gasteiger partial charge in [0.15, 0.2) is 5.78 Å². The highest BCUT2D eigenvalue weighted by Crippen LogP contribution is 2.40. The summed E-state index contributed by atoms with van der Waals surface area (Å²) in [5.41, 5.74) is -1.47. The molecule has 1 heterocycles. The summed E-state index contributed by atoms with van der Waals surface area (Å²) in [5, 5.41) is 0. The Morgan fingerprint density at radius 3 is 2.57 bits per heavy atom. The first-order valence-corrected chi connectivity index (χ1v) is 7.04. The van der Waals surface area contributed by atoms with Crippen LogP contribution < -0.4 is 4.90 Å². The fourth-order valence-corrected chi connectivity index (χ4v) is 2.63. The van der Waals surface area contributed by atoms with Crippen LogP contribution in [0.25, 0.3) is 0 Å². The molecule has 2 rings (SSSR count). The number of para-hydroxylation sites is 1. The number of benzene rings is 1. The number of carbonyl (C=O) groups is 3. The molecule has 5 heteroatoms. The van der Waals surface area contributed by atoms with E-state index in [0.717, 1.165) is 0 Å². The Kier molecular flexibility index (Phi) is 4.52. The van der Waals surface area contributed by atoms with Crippen LogP contribution in [0.3, 0.4) is 0 Å². The van der Waals surface area contributed by atoms with Crippen molar-refractivity contribution in [3.05, 3.63) is 29.8 Å². The lowest BCUT2D eigenvalue weighted by molar-refractivity contribution is -0.156. The summed E-state index contributed by atoms with van der Waals surface area (Å²) in [6.45, 7) is 1.55. The summed E-state index contributed by atoms with van der Waals surface area (Å²) in [4.78, 5) is 39.5. The molecule has 0 N–H and O–H groups in total. The third-order valence-corrected chi connectivity index (χ3v) is 3.68. The largest absolute Gasteiger partial charge is 0.465 e. The van der Waals surface area contributed by atoms with Crippen molar-refractivity contribution >= 4 is 23.3 Å². The van der Waals surface area contributed by atoms with E-state index in [1.807, 2.05) is 0 Å². The molecule has 1 aromatic carbocycles. The highest BCUT2D eigenvalue weighted by atomic mass is 16.5. The molecule has 0 bridgehead atoms. The molecule has 5 nitrogen and oxygen atoms in total. The van der Waals surface area contributed by atoms with E-state index in [4.69, 9.17) is 17.6 Å². The zero-order valence-corrected chi connectivity index (χ0v) is 12.7. The van der Waals surface area contributed by atoms with E-state index in [0.29, 0.717) is 5.69 Å². The first kappa shape index (κ1) is 16.3. The molecule has 1 unspecified atom stereocenters. The molecule has 0 saturated carbocycles. The zero-order chi connectivity index (χ0) is 17.0. The van der Waals surface area contributed by atoms with Crippen molar-refractivity contribution in [2.45, 2.75) is 13.3 Å². The van der Waals surface area contributed by atoms with E-state index < -0.39 is 23.1 Å². The third-order valence-electron chi connectivity index (χ3n) is 3.68. The highest BCUT2D eigenvalue weighted by molar-refractivity contribution is 6.34. The van der Waals surface area contributed by atoms with Gasteiger partial charge in [-0.1, -0.05) is 18.1 Å². The van der Waals surface area contributed by atoms with Gasteiger partial charge in [0.25, 0.3) is 5.91 Å². The van der Waals surface area contributed by atoms with E-state index in [2.05, 4.69) is 11.8 Å². The molecular weight excluding hydrogens is 294 g/mol. The van der Waals surface area contributed by atoms with Gasteiger partial charge >= 0.3 is 5.97 Å². The SMILES string of the molecule is C#CCN1C(=O)C(CC#C)(C(=O)OCC)C(=O)c2ccccc21. The Hall–Kier alpha value is -3.05. The van der Waals surface area contributed by atoms with E-state index in [1.54, 1.807) is 25.1 Å². The minimum atomic E-state index is -2.07. The number of nitrogens with zero attached hydrogens (tertiary/aromatic N) is 1. The fourth-order valence-electron chi connectivity index (χ4n) is 2.63. The summed E-state index contributed by atoms with van der Waals surface area (Å²) in [5.74, 6) is 2.28. The minimum absolute atomic E-state index is 0.0303. The van der Waals surface area contributed by atoms with Crippen molar-refractivity contribution in [2.24, 2.45) is 5.41 Å². The van der Waals surface area contributed by atoms with Gasteiger partial charge in [-0.3, -0.25) is 19.3 Å². The molecule has 0 spiro atoms. The average molecular weight is 309 g/mol. The van der Waals surface area contributed by atoms with Crippen LogP contribution in [-0.4, -0.2) is 30.8 Å². The summed E-state index contributed by atoms with van der Waals surface area (Å²) in [6, 6.07) is 6.47. The number of hydrogen-bond acceptors (Lipinski definition) is 4. The van der Waals surface area contributed by atoms with Gasteiger partial charge in [-0.15, -0.1) is 18.8 Å². The first-order chi connectivity index (χ1) is 11.0. The van der Waals surface area contributed by atoms with Gasteiger partial charge in [0, 0.05) is 12.0 Å². The summed E-state index contributed by atoms with van der Waals surface area (Å²) >= 11 is 0. The molecule has 1 aliphatic rings. The molecule has 0 saturated heterocycles. The van der Waals surface area contributed by atoms with E-state index >= 15 is 0 Å². The maximum atomic E-state index is 12.9. The number of amides is 1. The maximum absolute atomic E-state index is 12.9. The van der Waals surface area contributed by atoms with E-state index in [1.165, 1.54) is 11.0 Å². The minimum Gasteiger partial charge on any atom is -0.465 e. The number of terminal acetylenes is 2. The maximum Gasteiger partial charge on any atom is 0.330 e. The number of esters is 1. The normalized spacial score (nSPS) is 19.5. The molecule has 1 amide bonds. The lowest BCUT2D eigenvalue weighted by atomic mass is 9.73. The Morgan fingerprint density at radius 2 is 1.96 bits per heavy atom. The van der Waals surface area contributed by atoms with Crippen LogP contribution in [0.1, 0.15) is 23.7 Å². The molecule has 1 atom stereocenters. The predicted octanol–water partition coefficient (Wildman–Crippen LogP) is 1.42. The van der Waals surface area contributed by atoms with Crippen LogP contribution in [-0.2, 0) is 14.3 Å². The second kappa shape index (κ2) is 6.37. The highest BCUT2D eigenvalue weighted by Gasteiger charge is 2.59. The van der Waals surface area contributed by atoms with Crippen LogP contribution in [0.15, 0.2) is 24.3 Å². The van der Waals surface area contributed by atoms with Gasteiger partial charge < -0.3 is 4.74 Å². The van der Waals surface area contributed by atoms with Gasteiger partial charge in [0.2, 0.25) is 5.41 Å². The second-order valence-corrected chi connectivity index (χ2v) is 4.95. The number of ether oxygens (including phenoxy) is 1. The van der Waals surface area contributed by atoms with Crippen molar-refractivity contribution in [3.8, 4) is 24.7 Å². The second-order valence-electron chi connectivity index (χ2n) is 4.95.